The Morgan fingerprint density at radius 1 is 1.53 bits per heavy atom. The van der Waals surface area contributed by atoms with Gasteiger partial charge in [0, 0.05) is 32.1 Å². The number of hydrogen-bond donors (Lipinski definition) is 2. The van der Waals surface area contributed by atoms with Crippen LogP contribution in [0.2, 0.25) is 0 Å². The van der Waals surface area contributed by atoms with E-state index in [0.717, 1.165) is 0 Å². The van der Waals surface area contributed by atoms with Crippen molar-refractivity contribution >= 4 is 0 Å². The fourth-order valence-electron chi connectivity index (χ4n) is 1.38. The van der Waals surface area contributed by atoms with Gasteiger partial charge in [-0.3, -0.25) is 0 Å². The molecule has 1 atom stereocenters. The highest BCUT2D eigenvalue weighted by Gasteiger charge is 2.22. The minimum absolute atomic E-state index is 0.376. The largest absolute Gasteiger partial charge is 0.388 e. The monoisotopic (exact) mass is 213 g/mol. The molecular weight excluding hydrogens is 190 g/mol. The molecule has 4 heteroatoms. The van der Waals surface area contributed by atoms with E-state index >= 15 is 0 Å². The maximum absolute atomic E-state index is 10.0. The van der Waals surface area contributed by atoms with Crippen molar-refractivity contribution in [2.24, 2.45) is 0 Å². The SMILES string of the molecule is CC(C)NCC(C)(O)CN(C)CCC#N. The Labute approximate surface area is 92.9 Å². The summed E-state index contributed by atoms with van der Waals surface area (Å²) in [6, 6.07) is 2.47. The first-order valence-corrected chi connectivity index (χ1v) is 5.38. The Morgan fingerprint density at radius 3 is 2.60 bits per heavy atom. The summed E-state index contributed by atoms with van der Waals surface area (Å²) in [6.07, 6.45) is 0.504. The van der Waals surface area contributed by atoms with Gasteiger partial charge in [-0.15, -0.1) is 0 Å². The van der Waals surface area contributed by atoms with Crippen LogP contribution in [-0.4, -0.2) is 48.3 Å². The number of rotatable bonds is 7. The number of nitrogens with zero attached hydrogens (tertiary/aromatic N) is 2. The molecule has 0 aromatic heterocycles. The number of likely N-dealkylation sites (N-methyl/N-ethyl adjacent to an activating group) is 1. The third kappa shape index (κ3) is 8.37. The zero-order valence-electron chi connectivity index (χ0n) is 10.2. The summed E-state index contributed by atoms with van der Waals surface area (Å²) in [7, 11) is 1.92. The molecule has 0 spiro atoms. The van der Waals surface area contributed by atoms with Crippen LogP contribution < -0.4 is 5.32 Å². The lowest BCUT2D eigenvalue weighted by Gasteiger charge is -2.29. The van der Waals surface area contributed by atoms with E-state index in [0.29, 0.717) is 32.1 Å². The molecule has 0 fully saturated rings. The Hall–Kier alpha value is -0.630. The van der Waals surface area contributed by atoms with Crippen LogP contribution in [0.25, 0.3) is 0 Å². The smallest absolute Gasteiger partial charge is 0.0869 e. The fraction of sp³-hybridized carbons (Fsp3) is 0.909. The Kier molecular flexibility index (Phi) is 6.50. The maximum Gasteiger partial charge on any atom is 0.0869 e. The van der Waals surface area contributed by atoms with Crippen LogP contribution in [0, 0.1) is 11.3 Å². The summed E-state index contributed by atoms with van der Waals surface area (Å²) in [5, 5.41) is 21.7. The maximum atomic E-state index is 10.0. The second kappa shape index (κ2) is 6.78. The van der Waals surface area contributed by atoms with Gasteiger partial charge in [0.15, 0.2) is 0 Å². The van der Waals surface area contributed by atoms with E-state index in [9.17, 15) is 5.11 Å². The van der Waals surface area contributed by atoms with Crippen LogP contribution in [0.15, 0.2) is 0 Å². The molecule has 0 aromatic rings. The quantitative estimate of drug-likeness (QED) is 0.649. The van der Waals surface area contributed by atoms with Gasteiger partial charge < -0.3 is 15.3 Å². The summed E-state index contributed by atoms with van der Waals surface area (Å²) in [5.41, 5.74) is -0.742. The predicted octanol–water partition coefficient (Wildman–Crippen LogP) is 0.581. The second-order valence-electron chi connectivity index (χ2n) is 4.68. The van der Waals surface area contributed by atoms with E-state index in [4.69, 9.17) is 5.26 Å². The molecule has 0 saturated carbocycles. The lowest BCUT2D eigenvalue weighted by molar-refractivity contribution is 0.0264. The van der Waals surface area contributed by atoms with Crippen LogP contribution in [0.3, 0.4) is 0 Å². The zero-order chi connectivity index (χ0) is 11.9. The summed E-state index contributed by atoms with van der Waals surface area (Å²) in [4.78, 5) is 1.98. The first-order valence-electron chi connectivity index (χ1n) is 5.38. The predicted molar refractivity (Wildman–Crippen MR) is 61.5 cm³/mol. The van der Waals surface area contributed by atoms with Gasteiger partial charge in [-0.25, -0.2) is 0 Å². The van der Waals surface area contributed by atoms with E-state index in [1.165, 1.54) is 0 Å². The molecule has 0 radical (unpaired) electrons. The van der Waals surface area contributed by atoms with Crippen molar-refractivity contribution in [1.82, 2.24) is 10.2 Å². The van der Waals surface area contributed by atoms with E-state index in [1.54, 1.807) is 0 Å². The standard InChI is InChI=1S/C11H23N3O/c1-10(2)13-8-11(3,15)9-14(4)7-5-6-12/h10,13,15H,5,7-9H2,1-4H3. The molecule has 4 nitrogen and oxygen atoms in total. The molecule has 0 aliphatic rings. The van der Waals surface area contributed by atoms with Gasteiger partial charge in [0.1, 0.15) is 0 Å². The lowest BCUT2D eigenvalue weighted by Crippen LogP contribution is -2.48. The highest BCUT2D eigenvalue weighted by atomic mass is 16.3. The zero-order valence-corrected chi connectivity index (χ0v) is 10.2. The van der Waals surface area contributed by atoms with Crippen LogP contribution in [0.1, 0.15) is 27.2 Å². The Bertz CT molecular complexity index is 208. The average molecular weight is 213 g/mol. The molecule has 1 unspecified atom stereocenters. The molecule has 0 aliphatic carbocycles. The van der Waals surface area contributed by atoms with Gasteiger partial charge in [-0.05, 0) is 14.0 Å². The van der Waals surface area contributed by atoms with Gasteiger partial charge in [-0.2, -0.15) is 5.26 Å². The summed E-state index contributed by atoms with van der Waals surface area (Å²) >= 11 is 0. The van der Waals surface area contributed by atoms with E-state index in [2.05, 4.69) is 25.2 Å². The number of nitrogens with one attached hydrogen (secondary N) is 1. The minimum atomic E-state index is -0.742. The number of nitriles is 1. The summed E-state index contributed by atoms with van der Waals surface area (Å²) in [5.74, 6) is 0. The number of aliphatic hydroxyl groups is 1. The van der Waals surface area contributed by atoms with Crippen LogP contribution in [0.5, 0.6) is 0 Å². The Balaban J connectivity index is 3.85. The van der Waals surface area contributed by atoms with E-state index in [1.807, 2.05) is 18.9 Å². The van der Waals surface area contributed by atoms with Gasteiger partial charge in [0.2, 0.25) is 0 Å². The molecule has 88 valence electrons. The molecule has 2 N–H and O–H groups in total. The van der Waals surface area contributed by atoms with Crippen molar-refractivity contribution in [2.45, 2.75) is 38.8 Å². The summed E-state index contributed by atoms with van der Waals surface area (Å²) in [6.45, 7) is 7.76. The van der Waals surface area contributed by atoms with Gasteiger partial charge in [0.25, 0.3) is 0 Å². The van der Waals surface area contributed by atoms with Crippen molar-refractivity contribution < 1.29 is 5.11 Å². The Morgan fingerprint density at radius 2 is 2.13 bits per heavy atom. The van der Waals surface area contributed by atoms with Crippen LogP contribution >= 0.6 is 0 Å². The first-order chi connectivity index (χ1) is 6.87. The molecule has 0 heterocycles. The molecule has 15 heavy (non-hydrogen) atoms. The van der Waals surface area contributed by atoms with Crippen molar-refractivity contribution in [3.63, 3.8) is 0 Å². The van der Waals surface area contributed by atoms with Crippen LogP contribution in [0.4, 0.5) is 0 Å². The first kappa shape index (κ1) is 14.4. The van der Waals surface area contributed by atoms with Crippen molar-refractivity contribution in [2.75, 3.05) is 26.7 Å². The lowest BCUT2D eigenvalue weighted by atomic mass is 10.1. The van der Waals surface area contributed by atoms with Gasteiger partial charge in [-0.1, -0.05) is 13.8 Å². The topological polar surface area (TPSA) is 59.3 Å². The third-order valence-corrected chi connectivity index (χ3v) is 2.11. The second-order valence-corrected chi connectivity index (χ2v) is 4.68. The normalized spacial score (nSPS) is 15.3. The third-order valence-electron chi connectivity index (χ3n) is 2.11. The highest BCUT2D eigenvalue weighted by Crippen LogP contribution is 2.04. The average Bonchev–Trinajstić information content (AvgIpc) is 2.11. The van der Waals surface area contributed by atoms with Crippen molar-refractivity contribution in [3.8, 4) is 6.07 Å². The van der Waals surface area contributed by atoms with Gasteiger partial charge >= 0.3 is 0 Å². The van der Waals surface area contributed by atoms with Crippen molar-refractivity contribution in [3.05, 3.63) is 0 Å². The molecule has 0 saturated heterocycles. The molecule has 0 aliphatic heterocycles. The molecular formula is C11H23N3O. The minimum Gasteiger partial charge on any atom is -0.388 e. The molecule has 0 rings (SSSR count). The van der Waals surface area contributed by atoms with Gasteiger partial charge in [0.05, 0.1) is 11.7 Å². The van der Waals surface area contributed by atoms with E-state index in [-0.39, 0.29) is 0 Å². The number of hydrogen-bond acceptors (Lipinski definition) is 4. The highest BCUT2D eigenvalue weighted by molar-refractivity contribution is 4.81. The summed E-state index contributed by atoms with van der Waals surface area (Å²) < 4.78 is 0. The molecule has 0 bridgehead atoms. The fourth-order valence-corrected chi connectivity index (χ4v) is 1.38. The molecule has 0 amide bonds. The molecule has 0 aromatic carbocycles. The van der Waals surface area contributed by atoms with E-state index < -0.39 is 5.60 Å². The van der Waals surface area contributed by atoms with Crippen molar-refractivity contribution in [1.29, 1.82) is 5.26 Å². The van der Waals surface area contributed by atoms with Crippen LogP contribution in [-0.2, 0) is 0 Å².